The molecule has 1 amide bonds. The van der Waals surface area contributed by atoms with E-state index in [9.17, 15) is 14.4 Å². The number of hydrogen-bond donors (Lipinski definition) is 0. The molecule has 8 heteroatoms. The highest BCUT2D eigenvalue weighted by Gasteiger charge is 2.13. The molecule has 0 atom stereocenters. The van der Waals surface area contributed by atoms with Crippen LogP contribution in [0.4, 0.5) is 0 Å². The number of methoxy groups -OCH3 is 1. The van der Waals surface area contributed by atoms with Crippen LogP contribution in [0, 0.1) is 0 Å². The van der Waals surface area contributed by atoms with E-state index in [0.29, 0.717) is 21.0 Å². The van der Waals surface area contributed by atoms with Gasteiger partial charge < -0.3 is 9.30 Å². The molecule has 0 saturated heterocycles. The molecule has 0 fully saturated rings. The number of nitrogens with zero attached hydrogens (tertiary/aromatic N) is 2. The summed E-state index contributed by atoms with van der Waals surface area (Å²) in [5.41, 5.74) is 1.59. The van der Waals surface area contributed by atoms with Crippen LogP contribution in [0.25, 0.3) is 10.2 Å². The van der Waals surface area contributed by atoms with Gasteiger partial charge in [-0.15, -0.1) is 0 Å². The second-order valence-electron chi connectivity index (χ2n) is 5.71. The highest BCUT2D eigenvalue weighted by atomic mass is 35.5. The molecule has 0 aliphatic heterocycles. The number of carbonyl (C=O) groups is 3. The van der Waals surface area contributed by atoms with E-state index in [2.05, 4.69) is 4.99 Å². The first-order valence-electron chi connectivity index (χ1n) is 7.95. The molecule has 0 bridgehead atoms. The van der Waals surface area contributed by atoms with E-state index >= 15 is 0 Å². The third kappa shape index (κ3) is 4.15. The van der Waals surface area contributed by atoms with Crippen LogP contribution >= 0.6 is 22.9 Å². The van der Waals surface area contributed by atoms with E-state index in [1.54, 1.807) is 47.0 Å². The Balaban J connectivity index is 2.08. The van der Waals surface area contributed by atoms with Crippen molar-refractivity contribution in [3.05, 3.63) is 63.4 Å². The first kappa shape index (κ1) is 19.0. The molecule has 138 valence electrons. The predicted molar refractivity (Wildman–Crippen MR) is 103 cm³/mol. The fourth-order valence-electron chi connectivity index (χ4n) is 2.48. The molecule has 1 heterocycles. The monoisotopic (exact) mass is 402 g/mol. The minimum absolute atomic E-state index is 0.0759. The standard InChI is InChI=1S/C19H15ClN2O4S/c1-11(23)12-3-5-13(6-4-12)18(25)21-19-22(10-17(24)26-2)15-8-7-14(20)9-16(15)27-19/h3-9H,10H2,1-2H3. The number of fused-ring (bicyclic) bond motifs is 1. The zero-order valence-corrected chi connectivity index (χ0v) is 16.1. The van der Waals surface area contributed by atoms with E-state index in [1.165, 1.54) is 25.4 Å². The lowest BCUT2D eigenvalue weighted by molar-refractivity contribution is -0.141. The SMILES string of the molecule is COC(=O)Cn1c(=NC(=O)c2ccc(C(C)=O)cc2)sc2cc(Cl)ccc21. The summed E-state index contributed by atoms with van der Waals surface area (Å²) >= 11 is 7.29. The topological polar surface area (TPSA) is 77.7 Å². The lowest BCUT2D eigenvalue weighted by Gasteiger charge is -2.03. The second-order valence-corrected chi connectivity index (χ2v) is 7.15. The number of thiazole rings is 1. The van der Waals surface area contributed by atoms with Crippen LogP contribution in [-0.4, -0.2) is 29.3 Å². The number of ketones is 1. The van der Waals surface area contributed by atoms with Crippen molar-refractivity contribution in [3.63, 3.8) is 0 Å². The molecular weight excluding hydrogens is 388 g/mol. The summed E-state index contributed by atoms with van der Waals surface area (Å²) in [4.78, 5) is 40.2. The van der Waals surface area contributed by atoms with Crippen LogP contribution in [0.1, 0.15) is 27.6 Å². The summed E-state index contributed by atoms with van der Waals surface area (Å²) in [7, 11) is 1.30. The van der Waals surface area contributed by atoms with Crippen molar-refractivity contribution in [2.75, 3.05) is 7.11 Å². The van der Waals surface area contributed by atoms with Gasteiger partial charge in [-0.25, -0.2) is 0 Å². The maximum absolute atomic E-state index is 12.5. The molecular formula is C19H15ClN2O4S. The quantitative estimate of drug-likeness (QED) is 0.494. The number of carbonyl (C=O) groups excluding carboxylic acids is 3. The Hall–Kier alpha value is -2.77. The van der Waals surface area contributed by atoms with Crippen LogP contribution in [0.5, 0.6) is 0 Å². The molecule has 0 aliphatic carbocycles. The van der Waals surface area contributed by atoms with Crippen LogP contribution in [0.15, 0.2) is 47.5 Å². The van der Waals surface area contributed by atoms with Gasteiger partial charge in [0.05, 0.1) is 17.3 Å². The van der Waals surface area contributed by atoms with Crippen molar-refractivity contribution in [2.45, 2.75) is 13.5 Å². The summed E-state index contributed by atoms with van der Waals surface area (Å²) in [5.74, 6) is -1.01. The Morgan fingerprint density at radius 1 is 1.11 bits per heavy atom. The van der Waals surface area contributed by atoms with Gasteiger partial charge in [-0.3, -0.25) is 14.4 Å². The lowest BCUT2D eigenvalue weighted by atomic mass is 10.1. The zero-order chi connectivity index (χ0) is 19.6. The number of benzene rings is 2. The predicted octanol–water partition coefficient (Wildman–Crippen LogP) is 3.47. The van der Waals surface area contributed by atoms with Crippen molar-refractivity contribution < 1.29 is 19.1 Å². The van der Waals surface area contributed by atoms with E-state index in [4.69, 9.17) is 16.3 Å². The largest absolute Gasteiger partial charge is 0.468 e. The molecule has 0 unspecified atom stereocenters. The summed E-state index contributed by atoms with van der Waals surface area (Å²) in [5, 5.41) is 0.548. The van der Waals surface area contributed by atoms with Crippen molar-refractivity contribution >= 4 is 50.8 Å². The smallest absolute Gasteiger partial charge is 0.325 e. The van der Waals surface area contributed by atoms with E-state index < -0.39 is 11.9 Å². The normalized spacial score (nSPS) is 11.6. The Labute approximate surface area is 163 Å². The molecule has 6 nitrogen and oxygen atoms in total. The number of aromatic nitrogens is 1. The first-order chi connectivity index (χ1) is 12.9. The van der Waals surface area contributed by atoms with Gasteiger partial charge in [0.25, 0.3) is 5.91 Å². The van der Waals surface area contributed by atoms with Crippen molar-refractivity contribution in [2.24, 2.45) is 4.99 Å². The van der Waals surface area contributed by atoms with E-state index in [1.807, 2.05) is 0 Å². The molecule has 0 aliphatic rings. The first-order valence-corrected chi connectivity index (χ1v) is 9.14. The molecule has 3 aromatic rings. The Morgan fingerprint density at radius 3 is 2.41 bits per heavy atom. The van der Waals surface area contributed by atoms with Crippen molar-refractivity contribution in [1.82, 2.24) is 4.57 Å². The molecule has 0 N–H and O–H groups in total. The number of ether oxygens (including phenoxy) is 1. The Kier molecular flexibility index (Phi) is 5.53. The number of hydrogen-bond acceptors (Lipinski definition) is 5. The van der Waals surface area contributed by atoms with Crippen molar-refractivity contribution in [1.29, 1.82) is 0 Å². The van der Waals surface area contributed by atoms with Gasteiger partial charge in [-0.2, -0.15) is 4.99 Å². The number of Topliss-reactive ketones (excluding diaryl/α,β-unsaturated/α-hetero) is 1. The molecule has 1 aromatic heterocycles. The van der Waals surface area contributed by atoms with Gasteiger partial charge in [-0.1, -0.05) is 35.1 Å². The Morgan fingerprint density at radius 2 is 1.78 bits per heavy atom. The highest BCUT2D eigenvalue weighted by Crippen LogP contribution is 2.22. The molecule has 27 heavy (non-hydrogen) atoms. The molecule has 0 spiro atoms. The third-order valence-electron chi connectivity index (χ3n) is 3.90. The second kappa shape index (κ2) is 7.85. The third-order valence-corrected chi connectivity index (χ3v) is 5.17. The number of esters is 1. The van der Waals surface area contributed by atoms with Crippen LogP contribution in [0.3, 0.4) is 0 Å². The minimum Gasteiger partial charge on any atom is -0.468 e. The number of rotatable bonds is 4. The van der Waals surface area contributed by atoms with Crippen LogP contribution in [-0.2, 0) is 16.1 Å². The molecule has 3 rings (SSSR count). The van der Waals surface area contributed by atoms with E-state index in [0.717, 1.165) is 10.2 Å². The van der Waals surface area contributed by atoms with Crippen LogP contribution < -0.4 is 4.80 Å². The molecule has 2 aromatic carbocycles. The van der Waals surface area contributed by atoms with Gasteiger partial charge in [0.2, 0.25) is 0 Å². The zero-order valence-electron chi connectivity index (χ0n) is 14.6. The summed E-state index contributed by atoms with van der Waals surface area (Å²) in [6.45, 7) is 1.38. The maximum Gasteiger partial charge on any atom is 0.325 e. The fourth-order valence-corrected chi connectivity index (χ4v) is 3.78. The van der Waals surface area contributed by atoms with E-state index in [-0.39, 0.29) is 12.3 Å². The highest BCUT2D eigenvalue weighted by molar-refractivity contribution is 7.16. The van der Waals surface area contributed by atoms with Gasteiger partial charge in [-0.05, 0) is 37.3 Å². The molecule has 0 saturated carbocycles. The Bertz CT molecular complexity index is 1110. The van der Waals surface area contributed by atoms with Gasteiger partial charge in [0.15, 0.2) is 10.6 Å². The number of halogens is 1. The summed E-state index contributed by atoms with van der Waals surface area (Å²) in [6, 6.07) is 11.5. The average Bonchev–Trinajstić information content (AvgIpc) is 2.97. The van der Waals surface area contributed by atoms with Gasteiger partial charge in [0.1, 0.15) is 6.54 Å². The summed E-state index contributed by atoms with van der Waals surface area (Å²) < 4.78 is 7.15. The van der Waals surface area contributed by atoms with Gasteiger partial charge in [0, 0.05) is 16.1 Å². The molecule has 0 radical (unpaired) electrons. The summed E-state index contributed by atoms with van der Waals surface area (Å²) in [6.07, 6.45) is 0. The number of amides is 1. The maximum atomic E-state index is 12.5. The van der Waals surface area contributed by atoms with Gasteiger partial charge >= 0.3 is 5.97 Å². The van der Waals surface area contributed by atoms with Crippen LogP contribution in [0.2, 0.25) is 5.02 Å². The minimum atomic E-state index is -0.471. The lowest BCUT2D eigenvalue weighted by Crippen LogP contribution is -2.22. The fraction of sp³-hybridized carbons (Fsp3) is 0.158. The average molecular weight is 403 g/mol. The van der Waals surface area contributed by atoms with Crippen molar-refractivity contribution in [3.8, 4) is 0 Å².